The lowest BCUT2D eigenvalue weighted by Gasteiger charge is -2.18. The molecular formula is C32H38N2O3. The number of carbonyl (C=O) groups is 1. The summed E-state index contributed by atoms with van der Waals surface area (Å²) in [7, 11) is 0. The van der Waals surface area contributed by atoms with Crippen LogP contribution in [0.1, 0.15) is 49.8 Å². The quantitative estimate of drug-likeness (QED) is 0.319. The van der Waals surface area contributed by atoms with Crippen molar-refractivity contribution in [2.24, 2.45) is 0 Å². The molecule has 0 atom stereocenters. The van der Waals surface area contributed by atoms with Gasteiger partial charge in [0.25, 0.3) is 0 Å². The highest BCUT2D eigenvalue weighted by Crippen LogP contribution is 2.32. The molecule has 0 spiro atoms. The molecule has 194 valence electrons. The van der Waals surface area contributed by atoms with Crippen LogP contribution in [0.3, 0.4) is 0 Å². The number of rotatable bonds is 11. The lowest BCUT2D eigenvalue weighted by Crippen LogP contribution is -2.26. The van der Waals surface area contributed by atoms with E-state index in [1.165, 1.54) is 42.6 Å². The standard InChI is InChI=1S/C32H38N2O3/c1-3-26(24-25-10-6-5-7-11-25)31(28-14-18-30(19-15-28)37-32(35)33-4-2)27-12-16-29(17-13-27)36-23-22-34-20-8-9-21-34/h5-7,10-19H,3-4,8-9,20-24H2,1-2H3,(H,33,35)/b31-26-. The summed E-state index contributed by atoms with van der Waals surface area (Å²) in [6, 6.07) is 26.8. The molecule has 5 heteroatoms. The Bertz CT molecular complexity index is 1150. The molecule has 3 aromatic carbocycles. The van der Waals surface area contributed by atoms with E-state index in [0.29, 0.717) is 18.9 Å². The van der Waals surface area contributed by atoms with E-state index >= 15 is 0 Å². The second-order valence-corrected chi connectivity index (χ2v) is 9.36. The van der Waals surface area contributed by atoms with Crippen LogP contribution in [0.5, 0.6) is 11.5 Å². The summed E-state index contributed by atoms with van der Waals surface area (Å²) in [5, 5.41) is 2.66. The van der Waals surface area contributed by atoms with Crippen molar-refractivity contribution in [1.82, 2.24) is 10.2 Å². The third-order valence-corrected chi connectivity index (χ3v) is 6.73. The minimum absolute atomic E-state index is 0.440. The average Bonchev–Trinajstić information content (AvgIpc) is 3.44. The highest BCUT2D eigenvalue weighted by atomic mass is 16.6. The minimum Gasteiger partial charge on any atom is -0.492 e. The zero-order chi connectivity index (χ0) is 25.9. The Morgan fingerprint density at radius 2 is 1.46 bits per heavy atom. The molecule has 0 radical (unpaired) electrons. The number of hydrogen-bond acceptors (Lipinski definition) is 4. The first-order valence-electron chi connectivity index (χ1n) is 13.4. The van der Waals surface area contributed by atoms with Gasteiger partial charge in [-0.3, -0.25) is 4.90 Å². The number of nitrogens with one attached hydrogen (secondary N) is 1. The van der Waals surface area contributed by atoms with Gasteiger partial charge in [0, 0.05) is 13.1 Å². The minimum atomic E-state index is -0.440. The molecule has 0 unspecified atom stereocenters. The molecule has 0 aromatic heterocycles. The highest BCUT2D eigenvalue weighted by Gasteiger charge is 2.14. The predicted molar refractivity (Wildman–Crippen MR) is 150 cm³/mol. The molecule has 1 aliphatic rings. The molecule has 4 rings (SSSR count). The van der Waals surface area contributed by atoms with Crippen LogP contribution in [0.25, 0.3) is 5.57 Å². The summed E-state index contributed by atoms with van der Waals surface area (Å²) in [4.78, 5) is 14.3. The van der Waals surface area contributed by atoms with Gasteiger partial charge < -0.3 is 14.8 Å². The molecule has 37 heavy (non-hydrogen) atoms. The Morgan fingerprint density at radius 3 is 2.05 bits per heavy atom. The first-order chi connectivity index (χ1) is 18.2. The number of likely N-dealkylation sites (tertiary alicyclic amines) is 1. The lowest BCUT2D eigenvalue weighted by molar-refractivity contribution is 0.201. The highest BCUT2D eigenvalue weighted by molar-refractivity contribution is 5.83. The zero-order valence-corrected chi connectivity index (χ0v) is 22.0. The van der Waals surface area contributed by atoms with Crippen LogP contribution >= 0.6 is 0 Å². The summed E-state index contributed by atoms with van der Waals surface area (Å²) in [6.45, 7) is 8.67. The average molecular weight is 499 g/mol. The number of amides is 1. The fourth-order valence-corrected chi connectivity index (χ4v) is 4.80. The fraction of sp³-hybridized carbons (Fsp3) is 0.344. The number of benzene rings is 3. The first kappa shape index (κ1) is 26.5. The number of allylic oxidation sites excluding steroid dienone is 1. The summed E-state index contributed by atoms with van der Waals surface area (Å²) >= 11 is 0. The van der Waals surface area contributed by atoms with Crippen LogP contribution in [0.15, 0.2) is 84.4 Å². The van der Waals surface area contributed by atoms with Crippen LogP contribution in [0.4, 0.5) is 4.79 Å². The monoisotopic (exact) mass is 498 g/mol. The summed E-state index contributed by atoms with van der Waals surface area (Å²) in [5.74, 6) is 1.42. The van der Waals surface area contributed by atoms with Crippen molar-refractivity contribution in [2.45, 2.75) is 39.5 Å². The predicted octanol–water partition coefficient (Wildman–Crippen LogP) is 6.72. The van der Waals surface area contributed by atoms with Crippen molar-refractivity contribution in [3.05, 3.63) is 101 Å². The fourth-order valence-electron chi connectivity index (χ4n) is 4.80. The van der Waals surface area contributed by atoms with Crippen LogP contribution in [0, 0.1) is 0 Å². The van der Waals surface area contributed by atoms with Crippen LogP contribution in [-0.4, -0.2) is 43.8 Å². The van der Waals surface area contributed by atoms with Gasteiger partial charge in [-0.15, -0.1) is 0 Å². The summed E-state index contributed by atoms with van der Waals surface area (Å²) in [6.07, 6.45) is 3.95. The Kier molecular flexibility index (Phi) is 9.78. The van der Waals surface area contributed by atoms with Gasteiger partial charge >= 0.3 is 6.09 Å². The van der Waals surface area contributed by atoms with Crippen molar-refractivity contribution < 1.29 is 14.3 Å². The van der Waals surface area contributed by atoms with Crippen LogP contribution in [-0.2, 0) is 6.42 Å². The van der Waals surface area contributed by atoms with Gasteiger partial charge in [0.1, 0.15) is 18.1 Å². The molecule has 1 N–H and O–H groups in total. The van der Waals surface area contributed by atoms with Crippen molar-refractivity contribution in [3.63, 3.8) is 0 Å². The molecule has 5 nitrogen and oxygen atoms in total. The van der Waals surface area contributed by atoms with Gasteiger partial charge in [-0.25, -0.2) is 4.79 Å². The lowest BCUT2D eigenvalue weighted by atomic mass is 9.88. The largest absolute Gasteiger partial charge is 0.492 e. The SMILES string of the molecule is CCNC(=O)Oc1ccc(/C(=C(/CC)Cc2ccccc2)c2ccc(OCCN3CCCC3)cc2)cc1. The first-order valence-corrected chi connectivity index (χ1v) is 13.4. The van der Waals surface area contributed by atoms with E-state index in [9.17, 15) is 4.79 Å². The normalized spacial score (nSPS) is 14.2. The van der Waals surface area contributed by atoms with Crippen molar-refractivity contribution >= 4 is 11.7 Å². The van der Waals surface area contributed by atoms with Gasteiger partial charge in [0.05, 0.1) is 0 Å². The summed E-state index contributed by atoms with van der Waals surface area (Å²) < 4.78 is 11.4. The Hall–Kier alpha value is -3.57. The Balaban J connectivity index is 1.58. The number of ether oxygens (including phenoxy) is 2. The maximum atomic E-state index is 11.8. The molecule has 0 bridgehead atoms. The van der Waals surface area contributed by atoms with Gasteiger partial charge in [0.2, 0.25) is 0 Å². The topological polar surface area (TPSA) is 50.8 Å². The van der Waals surface area contributed by atoms with Gasteiger partial charge in [-0.05, 0) is 92.2 Å². The van der Waals surface area contributed by atoms with Gasteiger partial charge in [0.15, 0.2) is 0 Å². The third kappa shape index (κ3) is 7.70. The summed E-state index contributed by atoms with van der Waals surface area (Å²) in [5.41, 5.74) is 6.09. The van der Waals surface area contributed by atoms with E-state index in [-0.39, 0.29) is 0 Å². The van der Waals surface area contributed by atoms with Crippen molar-refractivity contribution in [1.29, 1.82) is 0 Å². The van der Waals surface area contributed by atoms with Crippen molar-refractivity contribution in [3.8, 4) is 11.5 Å². The molecule has 1 fully saturated rings. The smallest absolute Gasteiger partial charge is 0.412 e. The molecule has 3 aromatic rings. The zero-order valence-electron chi connectivity index (χ0n) is 22.0. The molecule has 1 amide bonds. The molecule has 0 aliphatic carbocycles. The molecular weight excluding hydrogens is 460 g/mol. The maximum Gasteiger partial charge on any atom is 0.412 e. The third-order valence-electron chi connectivity index (χ3n) is 6.73. The Morgan fingerprint density at radius 1 is 0.838 bits per heavy atom. The molecule has 0 saturated carbocycles. The second kappa shape index (κ2) is 13.7. The van der Waals surface area contributed by atoms with Crippen molar-refractivity contribution in [2.75, 3.05) is 32.8 Å². The Labute approximate surface area is 221 Å². The van der Waals surface area contributed by atoms with Gasteiger partial charge in [-0.2, -0.15) is 0 Å². The van der Waals surface area contributed by atoms with E-state index in [1.54, 1.807) is 0 Å². The maximum absolute atomic E-state index is 11.8. The van der Waals surface area contributed by atoms with E-state index in [2.05, 4.69) is 71.7 Å². The number of hydrogen-bond donors (Lipinski definition) is 1. The van der Waals surface area contributed by atoms with E-state index in [4.69, 9.17) is 9.47 Å². The van der Waals surface area contributed by atoms with Crippen LogP contribution in [0.2, 0.25) is 0 Å². The van der Waals surface area contributed by atoms with Gasteiger partial charge in [-0.1, -0.05) is 67.1 Å². The van der Waals surface area contributed by atoms with E-state index in [1.807, 2.05) is 31.2 Å². The second-order valence-electron chi connectivity index (χ2n) is 9.36. The molecule has 1 aliphatic heterocycles. The van der Waals surface area contributed by atoms with E-state index in [0.717, 1.165) is 36.3 Å². The number of carbonyl (C=O) groups excluding carboxylic acids is 1. The number of nitrogens with zero attached hydrogens (tertiary/aromatic N) is 1. The molecule has 1 heterocycles. The van der Waals surface area contributed by atoms with Crippen LogP contribution < -0.4 is 14.8 Å². The molecule has 1 saturated heterocycles. The van der Waals surface area contributed by atoms with E-state index < -0.39 is 6.09 Å².